The molecule has 0 spiro atoms. The van der Waals surface area contributed by atoms with E-state index in [1.54, 1.807) is 21.3 Å². The topological polar surface area (TPSA) is 69.7 Å². The van der Waals surface area contributed by atoms with E-state index >= 15 is 0 Å². The van der Waals surface area contributed by atoms with E-state index in [0.717, 1.165) is 27.4 Å². The molecule has 2 aromatic carbocycles. The second kappa shape index (κ2) is 9.43. The van der Waals surface area contributed by atoms with Crippen molar-refractivity contribution in [3.63, 3.8) is 0 Å². The third-order valence-electron chi connectivity index (χ3n) is 4.50. The fourth-order valence-corrected chi connectivity index (χ4v) is 3.79. The molecule has 7 heteroatoms. The smallest absolute Gasteiger partial charge is 0.226 e. The number of rotatable bonds is 8. The first-order chi connectivity index (χ1) is 14.0. The number of hydrogen-bond donors (Lipinski definition) is 1. The summed E-state index contributed by atoms with van der Waals surface area (Å²) in [4.78, 5) is 18.0. The van der Waals surface area contributed by atoms with E-state index in [1.807, 2.05) is 49.4 Å². The van der Waals surface area contributed by atoms with Crippen LogP contribution in [0.15, 0.2) is 42.5 Å². The van der Waals surface area contributed by atoms with Gasteiger partial charge in [0.15, 0.2) is 16.6 Å². The highest BCUT2D eigenvalue weighted by atomic mass is 32.1. The van der Waals surface area contributed by atoms with Crippen molar-refractivity contribution < 1.29 is 19.0 Å². The Kier molecular flexibility index (Phi) is 6.72. The van der Waals surface area contributed by atoms with Gasteiger partial charge in [0.25, 0.3) is 0 Å². The number of carbonyl (C=O) groups is 1. The molecule has 1 heterocycles. The number of methoxy groups -OCH3 is 3. The lowest BCUT2D eigenvalue weighted by Gasteiger charge is -2.09. The van der Waals surface area contributed by atoms with Crippen LogP contribution in [0.3, 0.4) is 0 Å². The predicted molar refractivity (Wildman–Crippen MR) is 115 cm³/mol. The number of aromatic nitrogens is 1. The molecule has 0 radical (unpaired) electrons. The van der Waals surface area contributed by atoms with Crippen LogP contribution >= 0.6 is 11.3 Å². The molecule has 152 valence electrons. The second-order valence-electron chi connectivity index (χ2n) is 6.39. The molecule has 0 aliphatic heterocycles. The number of amides is 1. The van der Waals surface area contributed by atoms with Gasteiger partial charge in [-0.05, 0) is 55.3 Å². The van der Waals surface area contributed by atoms with Crippen LogP contribution in [0.25, 0.3) is 11.3 Å². The van der Waals surface area contributed by atoms with Crippen molar-refractivity contribution in [3.8, 4) is 28.5 Å². The Morgan fingerprint density at radius 2 is 1.72 bits per heavy atom. The van der Waals surface area contributed by atoms with Gasteiger partial charge in [-0.1, -0.05) is 6.07 Å². The van der Waals surface area contributed by atoms with E-state index in [4.69, 9.17) is 14.2 Å². The highest BCUT2D eigenvalue weighted by molar-refractivity contribution is 7.16. The number of ether oxygens (including phenoxy) is 3. The molecule has 6 nitrogen and oxygen atoms in total. The van der Waals surface area contributed by atoms with Gasteiger partial charge in [0.2, 0.25) is 5.91 Å². The van der Waals surface area contributed by atoms with Crippen molar-refractivity contribution in [1.82, 2.24) is 4.98 Å². The predicted octanol–water partition coefficient (Wildman–Crippen LogP) is 4.72. The molecule has 0 bridgehead atoms. The summed E-state index contributed by atoms with van der Waals surface area (Å²) in [6.45, 7) is 2.00. The largest absolute Gasteiger partial charge is 0.497 e. The molecule has 1 N–H and O–H groups in total. The van der Waals surface area contributed by atoms with Crippen LogP contribution in [0.2, 0.25) is 0 Å². The Labute approximate surface area is 174 Å². The summed E-state index contributed by atoms with van der Waals surface area (Å²) < 4.78 is 15.7. The van der Waals surface area contributed by atoms with Gasteiger partial charge in [-0.25, -0.2) is 4.98 Å². The normalized spacial score (nSPS) is 10.5. The molecule has 3 aromatic rings. The van der Waals surface area contributed by atoms with Gasteiger partial charge < -0.3 is 19.5 Å². The summed E-state index contributed by atoms with van der Waals surface area (Å²) in [5.74, 6) is 2.05. The lowest BCUT2D eigenvalue weighted by atomic mass is 10.1. The Balaban J connectivity index is 1.62. The molecule has 29 heavy (non-hydrogen) atoms. The molecule has 1 amide bonds. The fraction of sp³-hybridized carbons (Fsp3) is 0.273. The van der Waals surface area contributed by atoms with E-state index in [1.165, 1.54) is 11.3 Å². The van der Waals surface area contributed by atoms with Gasteiger partial charge in [-0.3, -0.25) is 4.79 Å². The number of benzene rings is 2. The van der Waals surface area contributed by atoms with Crippen molar-refractivity contribution in [3.05, 3.63) is 52.9 Å². The molecule has 0 aliphatic rings. The maximum atomic E-state index is 12.4. The molecule has 0 saturated heterocycles. The quantitative estimate of drug-likeness (QED) is 0.580. The van der Waals surface area contributed by atoms with Crippen LogP contribution in [0.5, 0.6) is 17.2 Å². The summed E-state index contributed by atoms with van der Waals surface area (Å²) in [6.07, 6.45) is 0.952. The summed E-state index contributed by atoms with van der Waals surface area (Å²) in [6, 6.07) is 13.4. The van der Waals surface area contributed by atoms with E-state index in [-0.39, 0.29) is 5.91 Å². The number of carbonyl (C=O) groups excluding carboxylic acids is 1. The van der Waals surface area contributed by atoms with Crippen LogP contribution in [-0.2, 0) is 11.2 Å². The summed E-state index contributed by atoms with van der Waals surface area (Å²) >= 11 is 1.47. The number of nitrogens with zero attached hydrogens (tertiary/aromatic N) is 1. The summed E-state index contributed by atoms with van der Waals surface area (Å²) in [5.41, 5.74) is 2.87. The van der Waals surface area contributed by atoms with Crippen molar-refractivity contribution in [2.75, 3.05) is 26.6 Å². The minimum absolute atomic E-state index is 0.0742. The van der Waals surface area contributed by atoms with Gasteiger partial charge in [0, 0.05) is 16.9 Å². The first-order valence-electron chi connectivity index (χ1n) is 9.16. The third kappa shape index (κ3) is 5.06. The Bertz CT molecular complexity index is 983. The lowest BCUT2D eigenvalue weighted by Crippen LogP contribution is -2.12. The SMILES string of the molecule is COc1ccc(-c2nc(NC(=O)CCc3ccc(OC)c(OC)c3)sc2C)cc1. The summed E-state index contributed by atoms with van der Waals surface area (Å²) in [5, 5.41) is 3.51. The first kappa shape index (κ1) is 20.7. The molecule has 0 fully saturated rings. The maximum absolute atomic E-state index is 12.4. The standard InChI is InChI=1S/C22H24N2O4S/c1-14-21(16-7-9-17(26-2)10-8-16)24-22(29-14)23-20(25)12-6-15-5-11-18(27-3)19(13-15)28-4/h5,7-11,13H,6,12H2,1-4H3,(H,23,24,25). The van der Waals surface area contributed by atoms with E-state index in [9.17, 15) is 4.79 Å². The fourth-order valence-electron chi connectivity index (χ4n) is 2.94. The number of thiazole rings is 1. The zero-order valence-electron chi connectivity index (χ0n) is 16.9. The molecular weight excluding hydrogens is 388 g/mol. The summed E-state index contributed by atoms with van der Waals surface area (Å²) in [7, 11) is 4.83. The monoisotopic (exact) mass is 412 g/mol. The average molecular weight is 413 g/mol. The Morgan fingerprint density at radius 3 is 2.38 bits per heavy atom. The third-order valence-corrected chi connectivity index (χ3v) is 5.38. The molecule has 0 aliphatic carbocycles. The number of aryl methyl sites for hydroxylation is 2. The van der Waals surface area contributed by atoms with Crippen molar-refractivity contribution in [1.29, 1.82) is 0 Å². The second-order valence-corrected chi connectivity index (χ2v) is 7.59. The molecular formula is C22H24N2O4S. The minimum Gasteiger partial charge on any atom is -0.497 e. The maximum Gasteiger partial charge on any atom is 0.226 e. The average Bonchev–Trinajstić information content (AvgIpc) is 3.11. The highest BCUT2D eigenvalue weighted by Crippen LogP contribution is 2.31. The van der Waals surface area contributed by atoms with Gasteiger partial charge in [-0.2, -0.15) is 0 Å². The van der Waals surface area contributed by atoms with Crippen molar-refractivity contribution in [2.24, 2.45) is 0 Å². The Morgan fingerprint density at radius 1 is 1.00 bits per heavy atom. The van der Waals surface area contributed by atoms with Gasteiger partial charge in [0.1, 0.15) is 5.75 Å². The van der Waals surface area contributed by atoms with E-state index in [0.29, 0.717) is 29.5 Å². The minimum atomic E-state index is -0.0742. The van der Waals surface area contributed by atoms with Crippen LogP contribution in [0, 0.1) is 6.92 Å². The van der Waals surface area contributed by atoms with Crippen LogP contribution in [0.1, 0.15) is 16.9 Å². The number of anilines is 1. The molecule has 0 atom stereocenters. The van der Waals surface area contributed by atoms with Crippen LogP contribution in [-0.4, -0.2) is 32.2 Å². The van der Waals surface area contributed by atoms with E-state index in [2.05, 4.69) is 10.3 Å². The Hall–Kier alpha value is -3.06. The lowest BCUT2D eigenvalue weighted by molar-refractivity contribution is -0.116. The number of hydrogen-bond acceptors (Lipinski definition) is 6. The zero-order chi connectivity index (χ0) is 20.8. The van der Waals surface area contributed by atoms with Crippen LogP contribution in [0.4, 0.5) is 5.13 Å². The molecule has 3 rings (SSSR count). The van der Waals surface area contributed by atoms with Gasteiger partial charge in [-0.15, -0.1) is 11.3 Å². The molecule has 0 unspecified atom stereocenters. The first-order valence-corrected chi connectivity index (χ1v) is 9.98. The number of nitrogens with one attached hydrogen (secondary N) is 1. The molecule has 0 saturated carbocycles. The van der Waals surface area contributed by atoms with Crippen molar-refractivity contribution >= 4 is 22.4 Å². The van der Waals surface area contributed by atoms with Gasteiger partial charge >= 0.3 is 0 Å². The van der Waals surface area contributed by atoms with Gasteiger partial charge in [0.05, 0.1) is 27.0 Å². The molecule has 1 aromatic heterocycles. The van der Waals surface area contributed by atoms with Crippen molar-refractivity contribution in [2.45, 2.75) is 19.8 Å². The van der Waals surface area contributed by atoms with E-state index < -0.39 is 0 Å². The van der Waals surface area contributed by atoms with Crippen LogP contribution < -0.4 is 19.5 Å². The zero-order valence-corrected chi connectivity index (χ0v) is 17.8. The highest BCUT2D eigenvalue weighted by Gasteiger charge is 2.13.